The van der Waals surface area contributed by atoms with Crippen LogP contribution in [0.15, 0.2) is 53.1 Å². The van der Waals surface area contributed by atoms with Gasteiger partial charge in [0.25, 0.3) is 0 Å². The van der Waals surface area contributed by atoms with Crippen molar-refractivity contribution < 1.29 is 4.79 Å². The summed E-state index contributed by atoms with van der Waals surface area (Å²) in [6, 6.07) is 8.14. The first-order chi connectivity index (χ1) is 11.4. The Bertz CT molecular complexity index is 761. The Balaban J connectivity index is 2.36. The van der Waals surface area contributed by atoms with E-state index in [9.17, 15) is 4.79 Å². The highest BCUT2D eigenvalue weighted by Gasteiger charge is 2.27. The van der Waals surface area contributed by atoms with Gasteiger partial charge in [-0.1, -0.05) is 61.6 Å². The van der Waals surface area contributed by atoms with Crippen LogP contribution in [0.1, 0.15) is 58.1 Å². The SMILES string of the molecule is CC1=C(C#Cc2ccccc2/C=C/C(C)=C/C=O)C(C)(C)CCC1. The molecule has 0 unspecified atom stereocenters. The highest BCUT2D eigenvalue weighted by molar-refractivity contribution is 5.69. The molecule has 0 fully saturated rings. The van der Waals surface area contributed by atoms with Crippen molar-refractivity contribution in [2.24, 2.45) is 5.41 Å². The molecule has 0 N–H and O–H groups in total. The molecule has 1 aromatic rings. The van der Waals surface area contributed by atoms with Crippen molar-refractivity contribution in [1.82, 2.24) is 0 Å². The van der Waals surface area contributed by atoms with E-state index in [0.717, 1.165) is 29.4 Å². The Hall–Kier alpha value is -2.33. The van der Waals surface area contributed by atoms with Gasteiger partial charge in [0.1, 0.15) is 6.29 Å². The first-order valence-electron chi connectivity index (χ1n) is 8.55. The van der Waals surface area contributed by atoms with E-state index in [0.29, 0.717) is 0 Å². The monoisotopic (exact) mass is 318 g/mol. The normalized spacial score (nSPS) is 17.6. The van der Waals surface area contributed by atoms with Gasteiger partial charge >= 0.3 is 0 Å². The smallest absolute Gasteiger partial charge is 0.143 e. The third-order valence-corrected chi connectivity index (χ3v) is 4.60. The fourth-order valence-electron chi connectivity index (χ4n) is 3.17. The minimum absolute atomic E-state index is 0.170. The summed E-state index contributed by atoms with van der Waals surface area (Å²) in [7, 11) is 0. The maximum atomic E-state index is 10.5. The summed E-state index contributed by atoms with van der Waals surface area (Å²) in [5.74, 6) is 6.83. The average molecular weight is 318 g/mol. The number of carbonyl (C=O) groups is 1. The van der Waals surface area contributed by atoms with E-state index in [4.69, 9.17) is 0 Å². The van der Waals surface area contributed by atoms with E-state index >= 15 is 0 Å². The molecular weight excluding hydrogens is 292 g/mol. The summed E-state index contributed by atoms with van der Waals surface area (Å²) in [6.07, 6.45) is 9.95. The molecule has 0 spiro atoms. The Morgan fingerprint density at radius 3 is 2.67 bits per heavy atom. The van der Waals surface area contributed by atoms with Crippen molar-refractivity contribution in [2.45, 2.75) is 47.0 Å². The summed E-state index contributed by atoms with van der Waals surface area (Å²) in [4.78, 5) is 10.5. The highest BCUT2D eigenvalue weighted by Crippen LogP contribution is 2.39. The molecule has 0 heterocycles. The van der Waals surface area contributed by atoms with Gasteiger partial charge in [-0.05, 0) is 61.8 Å². The lowest BCUT2D eigenvalue weighted by atomic mass is 9.73. The van der Waals surface area contributed by atoms with Gasteiger partial charge in [-0.25, -0.2) is 0 Å². The van der Waals surface area contributed by atoms with Crippen LogP contribution in [0.25, 0.3) is 6.08 Å². The first-order valence-corrected chi connectivity index (χ1v) is 8.55. The summed E-state index contributed by atoms with van der Waals surface area (Å²) < 4.78 is 0. The maximum Gasteiger partial charge on any atom is 0.143 e. The number of allylic oxidation sites excluding steroid dienone is 5. The van der Waals surface area contributed by atoms with E-state index < -0.39 is 0 Å². The molecule has 1 aliphatic rings. The largest absolute Gasteiger partial charge is 0.299 e. The molecule has 0 radical (unpaired) electrons. The molecular formula is C23H26O. The lowest BCUT2D eigenvalue weighted by Gasteiger charge is -2.31. The molecule has 0 atom stereocenters. The fraction of sp³-hybridized carbons (Fsp3) is 0.348. The Labute approximate surface area is 146 Å². The van der Waals surface area contributed by atoms with Crippen LogP contribution in [0.5, 0.6) is 0 Å². The molecule has 1 heteroatoms. The summed E-state index contributed by atoms with van der Waals surface area (Å²) in [5, 5.41) is 0. The van der Waals surface area contributed by atoms with Crippen LogP contribution in [0.2, 0.25) is 0 Å². The van der Waals surface area contributed by atoms with E-state index in [1.165, 1.54) is 24.0 Å². The Morgan fingerprint density at radius 1 is 1.21 bits per heavy atom. The van der Waals surface area contributed by atoms with Crippen molar-refractivity contribution in [1.29, 1.82) is 0 Å². The van der Waals surface area contributed by atoms with Crippen molar-refractivity contribution in [2.75, 3.05) is 0 Å². The highest BCUT2D eigenvalue weighted by atomic mass is 16.1. The van der Waals surface area contributed by atoms with E-state index in [1.54, 1.807) is 6.08 Å². The number of rotatable bonds is 3. The Kier molecular flexibility index (Phi) is 5.99. The number of hydrogen-bond donors (Lipinski definition) is 0. The molecule has 124 valence electrons. The molecule has 24 heavy (non-hydrogen) atoms. The van der Waals surface area contributed by atoms with Crippen molar-refractivity contribution in [3.63, 3.8) is 0 Å². The topological polar surface area (TPSA) is 17.1 Å². The molecule has 1 aliphatic carbocycles. The number of benzene rings is 1. The van der Waals surface area contributed by atoms with Gasteiger partial charge in [-0.3, -0.25) is 4.79 Å². The quantitative estimate of drug-likeness (QED) is 0.301. The van der Waals surface area contributed by atoms with Crippen molar-refractivity contribution >= 4 is 12.4 Å². The van der Waals surface area contributed by atoms with Crippen LogP contribution < -0.4 is 0 Å². The van der Waals surface area contributed by atoms with Gasteiger partial charge in [-0.2, -0.15) is 0 Å². The van der Waals surface area contributed by atoms with E-state index in [1.807, 2.05) is 31.2 Å². The maximum absolute atomic E-state index is 10.5. The summed E-state index contributed by atoms with van der Waals surface area (Å²) in [6.45, 7) is 8.71. The predicted molar refractivity (Wildman–Crippen MR) is 103 cm³/mol. The molecule has 0 saturated carbocycles. The van der Waals surface area contributed by atoms with Crippen LogP contribution in [0.4, 0.5) is 0 Å². The lowest BCUT2D eigenvalue weighted by molar-refractivity contribution is -0.104. The van der Waals surface area contributed by atoms with Crippen LogP contribution in [0.3, 0.4) is 0 Å². The zero-order valence-corrected chi connectivity index (χ0v) is 15.1. The van der Waals surface area contributed by atoms with Gasteiger partial charge in [0.15, 0.2) is 0 Å². The lowest BCUT2D eigenvalue weighted by Crippen LogP contribution is -2.19. The molecule has 1 aromatic carbocycles. The molecule has 0 aromatic heterocycles. The zero-order valence-electron chi connectivity index (χ0n) is 15.1. The average Bonchev–Trinajstić information content (AvgIpc) is 2.53. The third kappa shape index (κ3) is 4.59. The molecule has 2 rings (SSSR count). The molecule has 0 aliphatic heterocycles. The molecule has 0 bridgehead atoms. The summed E-state index contributed by atoms with van der Waals surface area (Å²) in [5.41, 5.74) is 5.93. The predicted octanol–water partition coefficient (Wildman–Crippen LogP) is 5.72. The fourth-order valence-corrected chi connectivity index (χ4v) is 3.17. The minimum Gasteiger partial charge on any atom is -0.299 e. The second-order valence-electron chi connectivity index (χ2n) is 7.11. The third-order valence-electron chi connectivity index (χ3n) is 4.60. The number of carbonyl (C=O) groups excluding carboxylic acids is 1. The minimum atomic E-state index is 0.170. The van der Waals surface area contributed by atoms with Crippen molar-refractivity contribution in [3.8, 4) is 11.8 Å². The molecule has 0 saturated heterocycles. The van der Waals surface area contributed by atoms with Crippen LogP contribution in [-0.2, 0) is 4.79 Å². The van der Waals surface area contributed by atoms with Crippen LogP contribution >= 0.6 is 0 Å². The van der Waals surface area contributed by atoms with Gasteiger partial charge in [-0.15, -0.1) is 0 Å². The van der Waals surface area contributed by atoms with Crippen LogP contribution in [0, 0.1) is 17.3 Å². The molecule has 0 amide bonds. The number of hydrogen-bond acceptors (Lipinski definition) is 1. The Morgan fingerprint density at radius 2 is 1.96 bits per heavy atom. The number of aldehydes is 1. The van der Waals surface area contributed by atoms with E-state index in [-0.39, 0.29) is 5.41 Å². The van der Waals surface area contributed by atoms with Crippen molar-refractivity contribution in [3.05, 3.63) is 64.3 Å². The second kappa shape index (κ2) is 7.97. The van der Waals surface area contributed by atoms with E-state index in [2.05, 4.69) is 44.7 Å². The van der Waals surface area contributed by atoms with Gasteiger partial charge in [0.2, 0.25) is 0 Å². The zero-order chi connectivity index (χ0) is 17.6. The van der Waals surface area contributed by atoms with Crippen LogP contribution in [-0.4, -0.2) is 6.29 Å². The van der Waals surface area contributed by atoms with Gasteiger partial charge in [0.05, 0.1) is 0 Å². The second-order valence-corrected chi connectivity index (χ2v) is 7.11. The van der Waals surface area contributed by atoms with Gasteiger partial charge < -0.3 is 0 Å². The first kappa shape index (κ1) is 18.0. The summed E-state index contributed by atoms with van der Waals surface area (Å²) >= 11 is 0. The molecule has 1 nitrogen and oxygen atoms in total. The standard InChI is InChI=1S/C23H26O/c1-18(15-17-24)11-12-20-9-5-6-10-21(20)13-14-22-19(2)8-7-16-23(22,3)4/h5-6,9-12,15,17H,7-8,16H2,1-4H3/b12-11+,18-15+. The van der Waals surface area contributed by atoms with Gasteiger partial charge in [0, 0.05) is 11.1 Å².